The van der Waals surface area contributed by atoms with Crippen LogP contribution in [0.2, 0.25) is 0 Å². The highest BCUT2D eigenvalue weighted by Crippen LogP contribution is 2.31. The third kappa shape index (κ3) is 2.02. The Morgan fingerprint density at radius 2 is 1.94 bits per heavy atom. The summed E-state index contributed by atoms with van der Waals surface area (Å²) < 4.78 is 5.11. The largest absolute Gasteiger partial charge is 0.504 e. The predicted octanol–water partition coefficient (Wildman–Crippen LogP) is 2.45. The Morgan fingerprint density at radius 3 is 2.59 bits per heavy atom. The molecule has 1 aromatic heterocycles. The minimum atomic E-state index is -0.403. The number of alkyl halides is 1. The first-order chi connectivity index (χ1) is 8.04. The van der Waals surface area contributed by atoms with E-state index in [9.17, 15) is 15.0 Å². The monoisotopic (exact) mass is 298 g/mol. The minimum absolute atomic E-state index is 0.223. The first-order valence-corrected chi connectivity index (χ1v) is 6.21. The number of hydrogen-bond donors (Lipinski definition) is 2. The molecule has 0 amide bonds. The predicted molar refractivity (Wildman–Crippen MR) is 68.0 cm³/mol. The van der Waals surface area contributed by atoms with Crippen LogP contribution in [0.5, 0.6) is 11.5 Å². The molecule has 0 radical (unpaired) electrons. The summed E-state index contributed by atoms with van der Waals surface area (Å²) in [5, 5.41) is 20.1. The zero-order valence-corrected chi connectivity index (χ0v) is 10.7. The van der Waals surface area contributed by atoms with Gasteiger partial charge in [0, 0.05) is 22.3 Å². The van der Waals surface area contributed by atoms with E-state index in [4.69, 9.17) is 4.42 Å². The molecule has 2 N–H and O–H groups in total. The van der Waals surface area contributed by atoms with Crippen LogP contribution in [0.3, 0.4) is 0 Å². The van der Waals surface area contributed by atoms with Crippen molar-refractivity contribution in [3.05, 3.63) is 33.7 Å². The summed E-state index contributed by atoms with van der Waals surface area (Å²) in [7, 11) is 0. The Bertz CT molecular complexity index is 630. The molecule has 5 heteroatoms. The average Bonchev–Trinajstić information content (AvgIpc) is 2.28. The molecule has 0 aliphatic carbocycles. The van der Waals surface area contributed by atoms with Gasteiger partial charge in [-0.2, -0.15) is 0 Å². The highest BCUT2D eigenvalue weighted by molar-refractivity contribution is 9.09. The van der Waals surface area contributed by atoms with Crippen molar-refractivity contribution in [2.75, 3.05) is 5.33 Å². The number of rotatable bonds is 2. The molecule has 2 aromatic rings. The lowest BCUT2D eigenvalue weighted by atomic mass is 10.0. The topological polar surface area (TPSA) is 70.7 Å². The third-order valence-corrected chi connectivity index (χ3v) is 3.12. The van der Waals surface area contributed by atoms with Crippen LogP contribution in [0.25, 0.3) is 11.0 Å². The SMILES string of the molecule is Cc1c(CCBr)c(=O)oc2cc(O)c(O)cc12. The van der Waals surface area contributed by atoms with E-state index in [-0.39, 0.29) is 17.1 Å². The second-order valence-electron chi connectivity index (χ2n) is 3.77. The molecule has 90 valence electrons. The molecule has 17 heavy (non-hydrogen) atoms. The molecule has 0 saturated carbocycles. The van der Waals surface area contributed by atoms with Crippen LogP contribution in [0.15, 0.2) is 21.3 Å². The third-order valence-electron chi connectivity index (χ3n) is 2.73. The van der Waals surface area contributed by atoms with Crippen molar-refractivity contribution in [2.24, 2.45) is 0 Å². The summed E-state index contributed by atoms with van der Waals surface area (Å²) in [4.78, 5) is 11.7. The maximum Gasteiger partial charge on any atom is 0.339 e. The first kappa shape index (κ1) is 12.0. The van der Waals surface area contributed by atoms with E-state index < -0.39 is 5.63 Å². The quantitative estimate of drug-likeness (QED) is 0.507. The molecule has 0 atom stereocenters. The van der Waals surface area contributed by atoms with Gasteiger partial charge in [-0.1, -0.05) is 15.9 Å². The van der Waals surface area contributed by atoms with E-state index in [1.165, 1.54) is 12.1 Å². The van der Waals surface area contributed by atoms with Gasteiger partial charge in [0.2, 0.25) is 0 Å². The van der Waals surface area contributed by atoms with Crippen molar-refractivity contribution in [1.82, 2.24) is 0 Å². The van der Waals surface area contributed by atoms with E-state index in [0.29, 0.717) is 22.7 Å². The van der Waals surface area contributed by atoms with Crippen molar-refractivity contribution in [2.45, 2.75) is 13.3 Å². The number of halogens is 1. The van der Waals surface area contributed by atoms with Crippen molar-refractivity contribution < 1.29 is 14.6 Å². The Kier molecular flexibility index (Phi) is 3.11. The fourth-order valence-corrected chi connectivity index (χ4v) is 2.19. The summed E-state index contributed by atoms with van der Waals surface area (Å²) >= 11 is 3.27. The van der Waals surface area contributed by atoms with Gasteiger partial charge in [0.15, 0.2) is 11.5 Å². The smallest absolute Gasteiger partial charge is 0.339 e. The summed E-state index contributed by atoms with van der Waals surface area (Å²) in [6.07, 6.45) is 0.561. The van der Waals surface area contributed by atoms with E-state index in [1.807, 2.05) is 0 Å². The molecule has 0 saturated heterocycles. The molecule has 0 unspecified atom stereocenters. The van der Waals surface area contributed by atoms with Crippen molar-refractivity contribution in [1.29, 1.82) is 0 Å². The van der Waals surface area contributed by atoms with E-state index in [0.717, 1.165) is 5.56 Å². The van der Waals surface area contributed by atoms with Gasteiger partial charge in [-0.15, -0.1) is 0 Å². The highest BCUT2D eigenvalue weighted by atomic mass is 79.9. The molecule has 0 bridgehead atoms. The van der Waals surface area contributed by atoms with Crippen LogP contribution < -0.4 is 5.63 Å². The summed E-state index contributed by atoms with van der Waals surface area (Å²) in [6.45, 7) is 1.80. The van der Waals surface area contributed by atoms with E-state index in [2.05, 4.69) is 15.9 Å². The van der Waals surface area contributed by atoms with Gasteiger partial charge in [0.1, 0.15) is 5.58 Å². The Hall–Kier alpha value is -1.49. The van der Waals surface area contributed by atoms with Gasteiger partial charge >= 0.3 is 5.63 Å². The lowest BCUT2D eigenvalue weighted by Gasteiger charge is -2.07. The lowest BCUT2D eigenvalue weighted by Crippen LogP contribution is -2.10. The van der Waals surface area contributed by atoms with Crippen LogP contribution in [0.1, 0.15) is 11.1 Å². The number of phenols is 2. The van der Waals surface area contributed by atoms with Gasteiger partial charge in [-0.25, -0.2) is 4.79 Å². The molecule has 2 rings (SSSR count). The Labute approximate surface area is 106 Å². The number of phenolic OH excluding ortho intramolecular Hbond substituents is 2. The maximum atomic E-state index is 11.7. The number of benzene rings is 1. The number of aryl methyl sites for hydroxylation is 1. The van der Waals surface area contributed by atoms with E-state index in [1.54, 1.807) is 6.92 Å². The number of hydrogen-bond acceptors (Lipinski definition) is 4. The average molecular weight is 299 g/mol. The van der Waals surface area contributed by atoms with Crippen LogP contribution in [0, 0.1) is 6.92 Å². The van der Waals surface area contributed by atoms with E-state index >= 15 is 0 Å². The normalized spacial score (nSPS) is 10.9. The summed E-state index contributed by atoms with van der Waals surface area (Å²) in [5.41, 5.74) is 1.23. The second-order valence-corrected chi connectivity index (χ2v) is 4.56. The fraction of sp³-hybridized carbons (Fsp3) is 0.250. The van der Waals surface area contributed by atoms with Gasteiger partial charge in [0.05, 0.1) is 0 Å². The Morgan fingerprint density at radius 1 is 1.29 bits per heavy atom. The van der Waals surface area contributed by atoms with Crippen molar-refractivity contribution in [3.8, 4) is 11.5 Å². The van der Waals surface area contributed by atoms with Gasteiger partial charge < -0.3 is 14.6 Å². The number of aromatic hydroxyl groups is 2. The summed E-state index contributed by atoms with van der Waals surface area (Å²) in [6, 6.07) is 2.65. The molecule has 0 fully saturated rings. The zero-order chi connectivity index (χ0) is 12.6. The summed E-state index contributed by atoms with van der Waals surface area (Å²) in [5.74, 6) is -0.521. The van der Waals surface area contributed by atoms with Crippen LogP contribution in [-0.4, -0.2) is 15.5 Å². The fourth-order valence-electron chi connectivity index (χ4n) is 1.80. The van der Waals surface area contributed by atoms with Crippen LogP contribution >= 0.6 is 15.9 Å². The highest BCUT2D eigenvalue weighted by Gasteiger charge is 2.13. The molecule has 4 nitrogen and oxygen atoms in total. The van der Waals surface area contributed by atoms with Crippen LogP contribution in [-0.2, 0) is 6.42 Å². The molecular formula is C12H11BrO4. The maximum absolute atomic E-state index is 11.7. The van der Waals surface area contributed by atoms with Crippen molar-refractivity contribution in [3.63, 3.8) is 0 Å². The standard InChI is InChI=1S/C12H11BrO4/c1-6-7(2-3-13)12(16)17-11-5-10(15)9(14)4-8(6)11/h4-5,14-15H,2-3H2,1H3. The lowest BCUT2D eigenvalue weighted by molar-refractivity contribution is 0.403. The first-order valence-electron chi connectivity index (χ1n) is 5.09. The second kappa shape index (κ2) is 4.41. The molecular weight excluding hydrogens is 288 g/mol. The van der Waals surface area contributed by atoms with Gasteiger partial charge in [0.25, 0.3) is 0 Å². The zero-order valence-electron chi connectivity index (χ0n) is 9.16. The minimum Gasteiger partial charge on any atom is -0.504 e. The molecule has 0 aliphatic heterocycles. The molecule has 0 aliphatic rings. The number of fused-ring (bicyclic) bond motifs is 1. The molecule has 1 aromatic carbocycles. The van der Waals surface area contributed by atoms with Gasteiger partial charge in [-0.3, -0.25) is 0 Å². The van der Waals surface area contributed by atoms with Crippen LogP contribution in [0.4, 0.5) is 0 Å². The molecule has 1 heterocycles. The van der Waals surface area contributed by atoms with Crippen molar-refractivity contribution >= 4 is 26.9 Å². The Balaban J connectivity index is 2.82. The molecule has 0 spiro atoms. The van der Waals surface area contributed by atoms with Gasteiger partial charge in [-0.05, 0) is 25.0 Å².